The Labute approximate surface area is 222 Å². The van der Waals surface area contributed by atoms with Crippen LogP contribution in [0.5, 0.6) is 0 Å². The van der Waals surface area contributed by atoms with E-state index in [2.05, 4.69) is 77.2 Å². The SMILES string of the molecule is C=C(Nc1cncc(-c2ccc(NC)c(Cc3nc4c(-c5ccc(F)cc5)cncc4[nH]3)c2)c1)C(C)(C)C. The predicted molar refractivity (Wildman–Crippen MR) is 154 cm³/mol. The van der Waals surface area contributed by atoms with Crippen LogP contribution in [0, 0.1) is 11.2 Å². The van der Waals surface area contributed by atoms with Crippen molar-refractivity contribution in [1.29, 1.82) is 0 Å². The molecule has 5 rings (SSSR count). The minimum atomic E-state index is -0.272. The van der Waals surface area contributed by atoms with Gasteiger partial charge in [0.05, 0.1) is 29.1 Å². The fourth-order valence-electron chi connectivity index (χ4n) is 4.28. The van der Waals surface area contributed by atoms with Crippen molar-refractivity contribution in [2.24, 2.45) is 5.41 Å². The summed E-state index contributed by atoms with van der Waals surface area (Å²) < 4.78 is 13.5. The van der Waals surface area contributed by atoms with E-state index in [1.54, 1.807) is 24.5 Å². The average Bonchev–Trinajstić information content (AvgIpc) is 3.31. The summed E-state index contributed by atoms with van der Waals surface area (Å²) in [5.74, 6) is 0.548. The van der Waals surface area contributed by atoms with Crippen molar-refractivity contribution < 1.29 is 4.39 Å². The second kappa shape index (κ2) is 10.1. The average molecular weight is 507 g/mol. The van der Waals surface area contributed by atoms with Gasteiger partial charge in [0.25, 0.3) is 0 Å². The molecule has 3 N–H and O–H groups in total. The van der Waals surface area contributed by atoms with Gasteiger partial charge in [-0.05, 0) is 47.0 Å². The van der Waals surface area contributed by atoms with E-state index in [0.29, 0.717) is 6.42 Å². The number of nitrogens with zero attached hydrogens (tertiary/aromatic N) is 3. The first-order valence-corrected chi connectivity index (χ1v) is 12.5. The highest BCUT2D eigenvalue weighted by Crippen LogP contribution is 2.31. The molecule has 0 saturated heterocycles. The first-order chi connectivity index (χ1) is 18.2. The Morgan fingerprint density at radius 2 is 1.66 bits per heavy atom. The van der Waals surface area contributed by atoms with Crippen molar-refractivity contribution >= 4 is 22.4 Å². The number of hydrogen-bond donors (Lipinski definition) is 3. The summed E-state index contributed by atoms with van der Waals surface area (Å²) in [7, 11) is 1.91. The number of H-pyrrole nitrogens is 1. The molecule has 0 saturated carbocycles. The molecule has 0 aliphatic rings. The molecule has 0 bridgehead atoms. The van der Waals surface area contributed by atoms with Gasteiger partial charge in [0.1, 0.15) is 11.6 Å². The normalized spacial score (nSPS) is 11.5. The standard InChI is InChI=1S/C31H31FN6/c1-19(31(2,3)4)36-25-13-23(15-34-16-25)21-8-11-27(33-5)22(12-21)14-29-37-28-18-35-17-26(30(28)38-29)20-6-9-24(32)10-7-20/h6-13,15-18,33,36H,1,14H2,2-5H3,(H,37,38). The molecular weight excluding hydrogens is 475 g/mol. The fraction of sp³-hybridized carbons (Fsp3) is 0.194. The Morgan fingerprint density at radius 1 is 0.921 bits per heavy atom. The highest BCUT2D eigenvalue weighted by Gasteiger charge is 2.16. The van der Waals surface area contributed by atoms with Crippen LogP contribution in [-0.4, -0.2) is 27.0 Å². The summed E-state index contributed by atoms with van der Waals surface area (Å²) in [4.78, 5) is 17.1. The molecule has 3 aromatic heterocycles. The molecule has 38 heavy (non-hydrogen) atoms. The Bertz CT molecular complexity index is 1610. The molecule has 0 spiro atoms. The minimum absolute atomic E-state index is 0.0592. The lowest BCUT2D eigenvalue weighted by Gasteiger charge is -2.23. The number of allylic oxidation sites excluding steroid dienone is 1. The van der Waals surface area contributed by atoms with Crippen LogP contribution >= 0.6 is 0 Å². The summed E-state index contributed by atoms with van der Waals surface area (Å²) in [5, 5.41) is 6.69. The van der Waals surface area contributed by atoms with Crippen LogP contribution in [0.1, 0.15) is 32.2 Å². The predicted octanol–water partition coefficient (Wildman–Crippen LogP) is 7.43. The van der Waals surface area contributed by atoms with Gasteiger partial charge >= 0.3 is 0 Å². The van der Waals surface area contributed by atoms with Crippen LogP contribution < -0.4 is 10.6 Å². The first-order valence-electron chi connectivity index (χ1n) is 12.5. The van der Waals surface area contributed by atoms with E-state index in [-0.39, 0.29) is 11.2 Å². The number of fused-ring (bicyclic) bond motifs is 1. The van der Waals surface area contributed by atoms with Crippen LogP contribution in [0.2, 0.25) is 0 Å². The second-order valence-electron chi connectivity index (χ2n) is 10.4. The van der Waals surface area contributed by atoms with E-state index in [4.69, 9.17) is 4.98 Å². The molecule has 2 aromatic carbocycles. The molecular formula is C31H31FN6. The van der Waals surface area contributed by atoms with Crippen molar-refractivity contribution in [2.45, 2.75) is 27.2 Å². The molecule has 0 unspecified atom stereocenters. The van der Waals surface area contributed by atoms with Gasteiger partial charge in [0.15, 0.2) is 0 Å². The maximum atomic E-state index is 13.5. The Morgan fingerprint density at radius 3 is 2.39 bits per heavy atom. The highest BCUT2D eigenvalue weighted by molar-refractivity contribution is 5.91. The Hall–Kier alpha value is -4.52. The molecule has 5 aromatic rings. The molecule has 192 valence electrons. The van der Waals surface area contributed by atoms with Gasteiger partial charge in [-0.3, -0.25) is 9.97 Å². The number of imidazole rings is 1. The second-order valence-corrected chi connectivity index (χ2v) is 10.4. The minimum Gasteiger partial charge on any atom is -0.388 e. The van der Waals surface area contributed by atoms with E-state index in [0.717, 1.165) is 61.7 Å². The lowest BCUT2D eigenvalue weighted by Crippen LogP contribution is -2.15. The van der Waals surface area contributed by atoms with E-state index in [1.165, 1.54) is 12.1 Å². The lowest BCUT2D eigenvalue weighted by molar-refractivity contribution is 0.509. The van der Waals surface area contributed by atoms with Crippen LogP contribution in [0.15, 0.2) is 85.6 Å². The fourth-order valence-corrected chi connectivity index (χ4v) is 4.28. The van der Waals surface area contributed by atoms with Crippen molar-refractivity contribution in [3.63, 3.8) is 0 Å². The zero-order valence-corrected chi connectivity index (χ0v) is 22.1. The molecule has 0 amide bonds. The largest absolute Gasteiger partial charge is 0.388 e. The molecule has 0 radical (unpaired) electrons. The number of rotatable bonds is 7. The quantitative estimate of drug-likeness (QED) is 0.214. The van der Waals surface area contributed by atoms with Crippen LogP contribution in [0.3, 0.4) is 0 Å². The summed E-state index contributed by atoms with van der Waals surface area (Å²) in [5.41, 5.74) is 9.34. The van der Waals surface area contributed by atoms with Gasteiger partial charge in [0.2, 0.25) is 0 Å². The number of anilines is 2. The number of nitrogens with one attached hydrogen (secondary N) is 3. The van der Waals surface area contributed by atoms with Crippen molar-refractivity contribution in [1.82, 2.24) is 19.9 Å². The van der Waals surface area contributed by atoms with Gasteiger partial charge in [-0.25, -0.2) is 9.37 Å². The monoisotopic (exact) mass is 506 g/mol. The van der Waals surface area contributed by atoms with Gasteiger partial charge in [0, 0.05) is 53.8 Å². The molecule has 0 atom stereocenters. The van der Waals surface area contributed by atoms with Crippen molar-refractivity contribution in [2.75, 3.05) is 17.7 Å². The molecule has 0 aliphatic heterocycles. The zero-order valence-electron chi connectivity index (χ0n) is 22.1. The Balaban J connectivity index is 1.46. The summed E-state index contributed by atoms with van der Waals surface area (Å²) >= 11 is 0. The maximum absolute atomic E-state index is 13.5. The lowest BCUT2D eigenvalue weighted by atomic mass is 9.93. The maximum Gasteiger partial charge on any atom is 0.123 e. The molecule has 6 nitrogen and oxygen atoms in total. The smallest absolute Gasteiger partial charge is 0.123 e. The molecule has 7 heteroatoms. The van der Waals surface area contributed by atoms with Crippen LogP contribution in [0.4, 0.5) is 15.8 Å². The van der Waals surface area contributed by atoms with Crippen molar-refractivity contribution in [3.8, 4) is 22.3 Å². The Kier molecular flexibility index (Phi) is 6.68. The number of aromatic amines is 1. The summed E-state index contributed by atoms with van der Waals surface area (Å²) in [6.45, 7) is 10.5. The first kappa shape index (κ1) is 25.1. The van der Waals surface area contributed by atoms with Gasteiger partial charge in [-0.1, -0.05) is 45.5 Å². The third-order valence-electron chi connectivity index (χ3n) is 6.60. The summed E-state index contributed by atoms with van der Waals surface area (Å²) in [6, 6.07) is 14.8. The topological polar surface area (TPSA) is 78.5 Å². The van der Waals surface area contributed by atoms with Gasteiger partial charge < -0.3 is 15.6 Å². The summed E-state index contributed by atoms with van der Waals surface area (Å²) in [6.07, 6.45) is 7.80. The van der Waals surface area contributed by atoms with Crippen LogP contribution in [0.25, 0.3) is 33.3 Å². The van der Waals surface area contributed by atoms with Gasteiger partial charge in [-0.2, -0.15) is 0 Å². The number of benzene rings is 2. The zero-order chi connectivity index (χ0) is 26.9. The number of pyridine rings is 2. The third kappa shape index (κ3) is 5.27. The van der Waals surface area contributed by atoms with E-state index in [1.807, 2.05) is 19.4 Å². The van der Waals surface area contributed by atoms with E-state index in [9.17, 15) is 4.39 Å². The molecule has 0 fully saturated rings. The van der Waals surface area contributed by atoms with Crippen molar-refractivity contribution in [3.05, 3.63) is 103 Å². The van der Waals surface area contributed by atoms with Gasteiger partial charge in [-0.15, -0.1) is 0 Å². The molecule has 3 heterocycles. The molecule has 0 aliphatic carbocycles. The highest BCUT2D eigenvalue weighted by atomic mass is 19.1. The van der Waals surface area contributed by atoms with Crippen LogP contribution in [-0.2, 0) is 6.42 Å². The number of aromatic nitrogens is 4. The van der Waals surface area contributed by atoms with E-state index < -0.39 is 0 Å². The van der Waals surface area contributed by atoms with E-state index >= 15 is 0 Å². The number of halogens is 1. The third-order valence-corrected chi connectivity index (χ3v) is 6.60. The number of hydrogen-bond acceptors (Lipinski definition) is 5.